The lowest BCUT2D eigenvalue weighted by Crippen LogP contribution is -2.41. The molecule has 0 aromatic carbocycles. The Kier molecular flexibility index (Phi) is 2.88. The fourth-order valence-corrected chi connectivity index (χ4v) is 1.59. The molecular weight excluding hydrogens is 142 g/mol. The average molecular weight is 156 g/mol. The second-order valence-electron chi connectivity index (χ2n) is 3.24. The summed E-state index contributed by atoms with van der Waals surface area (Å²) in [7, 11) is 0. The Morgan fingerprint density at radius 1 is 1.36 bits per heavy atom. The van der Waals surface area contributed by atoms with Gasteiger partial charge in [0.2, 0.25) is 0 Å². The van der Waals surface area contributed by atoms with Crippen molar-refractivity contribution in [3.63, 3.8) is 0 Å². The highest BCUT2D eigenvalue weighted by molar-refractivity contribution is 5.47. The van der Waals surface area contributed by atoms with Gasteiger partial charge in [0.25, 0.3) is 0 Å². The average Bonchev–Trinajstić information content (AvgIpc) is 2.03. The molecule has 0 spiro atoms. The van der Waals surface area contributed by atoms with Crippen molar-refractivity contribution >= 4 is 6.41 Å². The van der Waals surface area contributed by atoms with Crippen LogP contribution in [0.1, 0.15) is 32.1 Å². The highest BCUT2D eigenvalue weighted by Gasteiger charge is 2.28. The van der Waals surface area contributed by atoms with E-state index in [0.29, 0.717) is 6.54 Å². The van der Waals surface area contributed by atoms with Crippen molar-refractivity contribution in [2.45, 2.75) is 37.7 Å². The van der Waals surface area contributed by atoms with Gasteiger partial charge in [0.15, 0.2) is 0 Å². The summed E-state index contributed by atoms with van der Waals surface area (Å²) in [5.41, 5.74) is -0.643. The van der Waals surface area contributed by atoms with Gasteiger partial charge >= 0.3 is 6.41 Å². The lowest BCUT2D eigenvalue weighted by Gasteiger charge is -2.31. The second kappa shape index (κ2) is 3.72. The van der Waals surface area contributed by atoms with E-state index in [0.717, 1.165) is 25.7 Å². The summed E-state index contributed by atoms with van der Waals surface area (Å²) in [5.74, 6) is 0. The first-order valence-corrected chi connectivity index (χ1v) is 4.09. The molecule has 63 valence electrons. The first-order chi connectivity index (χ1) is 5.27. The minimum atomic E-state index is -0.643. The Labute approximate surface area is 66.8 Å². The molecule has 1 aliphatic rings. The van der Waals surface area contributed by atoms with Gasteiger partial charge in [0, 0.05) is 6.54 Å². The molecule has 1 fully saturated rings. The maximum absolute atomic E-state index is 9.84. The van der Waals surface area contributed by atoms with Gasteiger partial charge in [-0.1, -0.05) is 19.3 Å². The van der Waals surface area contributed by atoms with E-state index in [1.807, 2.05) is 0 Å². The molecule has 1 radical (unpaired) electrons. The quantitative estimate of drug-likeness (QED) is 0.579. The van der Waals surface area contributed by atoms with E-state index < -0.39 is 5.60 Å². The van der Waals surface area contributed by atoms with Crippen LogP contribution in [-0.4, -0.2) is 23.7 Å². The fraction of sp³-hybridized carbons (Fsp3) is 0.875. The van der Waals surface area contributed by atoms with E-state index in [9.17, 15) is 9.90 Å². The first-order valence-electron chi connectivity index (χ1n) is 4.09. The van der Waals surface area contributed by atoms with Gasteiger partial charge in [-0.05, 0) is 12.8 Å². The minimum Gasteiger partial charge on any atom is -0.388 e. The number of rotatable bonds is 3. The van der Waals surface area contributed by atoms with Crippen molar-refractivity contribution in [1.82, 2.24) is 5.32 Å². The van der Waals surface area contributed by atoms with Crippen LogP contribution in [-0.2, 0) is 4.79 Å². The molecule has 1 saturated carbocycles. The molecular formula is C8H14NO2. The highest BCUT2D eigenvalue weighted by atomic mass is 16.3. The van der Waals surface area contributed by atoms with Gasteiger partial charge in [0.1, 0.15) is 0 Å². The zero-order valence-electron chi connectivity index (χ0n) is 6.60. The van der Waals surface area contributed by atoms with Crippen molar-refractivity contribution in [1.29, 1.82) is 0 Å². The van der Waals surface area contributed by atoms with Crippen LogP contribution in [0.25, 0.3) is 0 Å². The standard InChI is InChI=1S/C8H14NO2/c10-7-9-6-8(11)4-2-1-3-5-8/h11H,1-6H2,(H,9,10). The molecule has 0 aromatic rings. The molecule has 3 nitrogen and oxygen atoms in total. The number of nitrogens with one attached hydrogen (secondary N) is 1. The Balaban J connectivity index is 2.30. The van der Waals surface area contributed by atoms with Crippen LogP contribution in [0, 0.1) is 0 Å². The molecule has 0 aliphatic heterocycles. The predicted octanol–water partition coefficient (Wildman–Crippen LogP) is 0.338. The van der Waals surface area contributed by atoms with E-state index >= 15 is 0 Å². The summed E-state index contributed by atoms with van der Waals surface area (Å²) >= 11 is 0. The molecule has 0 heterocycles. The fourth-order valence-electron chi connectivity index (χ4n) is 1.59. The zero-order chi connectivity index (χ0) is 8.16. The third-order valence-electron chi connectivity index (χ3n) is 2.27. The van der Waals surface area contributed by atoms with Crippen LogP contribution in [0.5, 0.6) is 0 Å². The summed E-state index contributed by atoms with van der Waals surface area (Å²) in [4.78, 5) is 9.84. The van der Waals surface area contributed by atoms with E-state index in [4.69, 9.17) is 0 Å². The van der Waals surface area contributed by atoms with Crippen LogP contribution in [0.4, 0.5) is 0 Å². The molecule has 2 N–H and O–H groups in total. The van der Waals surface area contributed by atoms with E-state index in [-0.39, 0.29) is 0 Å². The number of aliphatic hydroxyl groups is 1. The molecule has 0 bridgehead atoms. The molecule has 1 amide bonds. The number of carbonyl (C=O) groups excluding carboxylic acids is 1. The third kappa shape index (κ3) is 2.50. The van der Waals surface area contributed by atoms with Crippen molar-refractivity contribution < 1.29 is 9.90 Å². The smallest absolute Gasteiger partial charge is 0.309 e. The van der Waals surface area contributed by atoms with Gasteiger partial charge in [-0.3, -0.25) is 4.79 Å². The monoisotopic (exact) mass is 156 g/mol. The van der Waals surface area contributed by atoms with Gasteiger partial charge in [-0.2, -0.15) is 0 Å². The van der Waals surface area contributed by atoms with Gasteiger partial charge < -0.3 is 10.4 Å². The lowest BCUT2D eigenvalue weighted by atomic mass is 9.85. The molecule has 0 aromatic heterocycles. The van der Waals surface area contributed by atoms with E-state index in [1.54, 1.807) is 6.41 Å². The topological polar surface area (TPSA) is 49.3 Å². The maximum Gasteiger partial charge on any atom is 0.309 e. The summed E-state index contributed by atoms with van der Waals surface area (Å²) in [6.07, 6.45) is 6.53. The molecule has 0 atom stereocenters. The van der Waals surface area contributed by atoms with Crippen molar-refractivity contribution in [2.75, 3.05) is 6.54 Å². The highest BCUT2D eigenvalue weighted by Crippen LogP contribution is 2.26. The Morgan fingerprint density at radius 3 is 2.55 bits per heavy atom. The van der Waals surface area contributed by atoms with Crippen LogP contribution < -0.4 is 5.32 Å². The van der Waals surface area contributed by atoms with Crippen molar-refractivity contribution in [2.24, 2.45) is 0 Å². The van der Waals surface area contributed by atoms with Crippen LogP contribution in [0.15, 0.2) is 0 Å². The molecule has 3 heteroatoms. The molecule has 0 saturated heterocycles. The van der Waals surface area contributed by atoms with E-state index in [1.165, 1.54) is 6.42 Å². The first kappa shape index (κ1) is 8.53. The van der Waals surface area contributed by atoms with Crippen molar-refractivity contribution in [3.8, 4) is 0 Å². The van der Waals surface area contributed by atoms with Crippen LogP contribution in [0.3, 0.4) is 0 Å². The van der Waals surface area contributed by atoms with Crippen LogP contribution >= 0.6 is 0 Å². The summed E-state index contributed by atoms with van der Waals surface area (Å²) < 4.78 is 0. The molecule has 0 unspecified atom stereocenters. The summed E-state index contributed by atoms with van der Waals surface area (Å²) in [6.45, 7) is 0.358. The van der Waals surface area contributed by atoms with Gasteiger partial charge in [0.05, 0.1) is 5.60 Å². The van der Waals surface area contributed by atoms with Gasteiger partial charge in [-0.25, -0.2) is 0 Å². The van der Waals surface area contributed by atoms with E-state index in [2.05, 4.69) is 5.32 Å². The summed E-state index contributed by atoms with van der Waals surface area (Å²) in [6, 6.07) is 0. The molecule has 11 heavy (non-hydrogen) atoms. The van der Waals surface area contributed by atoms with Crippen molar-refractivity contribution in [3.05, 3.63) is 0 Å². The van der Waals surface area contributed by atoms with Crippen LogP contribution in [0.2, 0.25) is 0 Å². The number of hydrogen-bond acceptors (Lipinski definition) is 2. The molecule has 1 rings (SSSR count). The molecule has 1 aliphatic carbocycles. The van der Waals surface area contributed by atoms with Gasteiger partial charge in [-0.15, -0.1) is 0 Å². The predicted molar refractivity (Wildman–Crippen MR) is 41.7 cm³/mol. The third-order valence-corrected chi connectivity index (χ3v) is 2.27. The SMILES string of the molecule is O=[C]NCC1(O)CCCCC1. The Morgan fingerprint density at radius 2 is 2.00 bits per heavy atom. The number of amides is 1. The Hall–Kier alpha value is -0.570. The maximum atomic E-state index is 9.84. The lowest BCUT2D eigenvalue weighted by molar-refractivity contribution is 0.00865. The second-order valence-corrected chi connectivity index (χ2v) is 3.24. The summed E-state index contributed by atoms with van der Waals surface area (Å²) in [5, 5.41) is 12.2. The Bertz CT molecular complexity index is 130. The minimum absolute atomic E-state index is 0.358. The zero-order valence-corrected chi connectivity index (χ0v) is 6.60. The number of hydrogen-bond donors (Lipinski definition) is 2. The normalized spacial score (nSPS) is 22.6. The largest absolute Gasteiger partial charge is 0.388 e.